The van der Waals surface area contributed by atoms with Crippen LogP contribution in [0.25, 0.3) is 0 Å². The summed E-state index contributed by atoms with van der Waals surface area (Å²) in [5.74, 6) is 1.66. The van der Waals surface area contributed by atoms with Gasteiger partial charge in [0.2, 0.25) is 0 Å². The fraction of sp³-hybridized carbons (Fsp3) is 0.647. The Labute approximate surface area is 129 Å². The molecule has 1 rings (SSSR count). The van der Waals surface area contributed by atoms with Gasteiger partial charge >= 0.3 is 0 Å². The van der Waals surface area contributed by atoms with Crippen LogP contribution in [-0.2, 0) is 6.54 Å². The highest BCUT2D eigenvalue weighted by Crippen LogP contribution is 2.27. The fourth-order valence-electron chi connectivity index (χ4n) is 2.49. The summed E-state index contributed by atoms with van der Waals surface area (Å²) in [5.41, 5.74) is 1.29. The summed E-state index contributed by atoms with van der Waals surface area (Å²) in [6.07, 6.45) is 1.27. The van der Waals surface area contributed by atoms with Crippen LogP contribution in [0.3, 0.4) is 0 Å². The van der Waals surface area contributed by atoms with Crippen LogP contribution < -0.4 is 19.7 Å². The van der Waals surface area contributed by atoms with E-state index in [1.54, 1.807) is 12.0 Å². The summed E-state index contributed by atoms with van der Waals surface area (Å²) in [6.45, 7) is 13.1. The number of methoxy groups -OCH3 is 1. The van der Waals surface area contributed by atoms with E-state index in [4.69, 9.17) is 9.47 Å². The van der Waals surface area contributed by atoms with Crippen molar-refractivity contribution in [3.05, 3.63) is 23.8 Å². The van der Waals surface area contributed by atoms with Gasteiger partial charge in [-0.25, -0.2) is 0 Å². The molecule has 0 fully saturated rings. The molecule has 4 nitrogen and oxygen atoms in total. The van der Waals surface area contributed by atoms with E-state index in [0.717, 1.165) is 18.0 Å². The van der Waals surface area contributed by atoms with Crippen LogP contribution in [0.4, 0.5) is 0 Å². The molecule has 0 radical (unpaired) electrons. The smallest absolute Gasteiger partial charge is 0.161 e. The second-order valence-electron chi connectivity index (χ2n) is 5.26. The van der Waals surface area contributed by atoms with Gasteiger partial charge in [0.05, 0.1) is 39.9 Å². The Bertz CT molecular complexity index is 392. The highest BCUT2D eigenvalue weighted by Gasteiger charge is 2.07. The standard InChI is InChI=1S/C17H30N2O2/c1-5-19(6-2)12-8-11-18-14-15-9-10-16(20-4)17(13-15)21-7-3/h9-10,13,18H,5-8,11-12,14H2,1-4H3/p+2. The SMILES string of the molecule is CCOc1cc(C[NH2+]CCC[NH+](CC)CC)ccc1OC. The monoisotopic (exact) mass is 296 g/mol. The largest absolute Gasteiger partial charge is 0.493 e. The van der Waals surface area contributed by atoms with Crippen LogP contribution in [0.5, 0.6) is 11.5 Å². The summed E-state index contributed by atoms with van der Waals surface area (Å²) in [6, 6.07) is 6.20. The molecule has 3 N–H and O–H groups in total. The molecule has 0 aliphatic heterocycles. The molecule has 120 valence electrons. The van der Waals surface area contributed by atoms with Gasteiger partial charge in [-0.05, 0) is 39.0 Å². The van der Waals surface area contributed by atoms with E-state index in [0.29, 0.717) is 6.61 Å². The Balaban J connectivity index is 2.36. The van der Waals surface area contributed by atoms with E-state index in [9.17, 15) is 0 Å². The first-order valence-corrected chi connectivity index (χ1v) is 8.20. The fourth-order valence-corrected chi connectivity index (χ4v) is 2.49. The number of ether oxygens (including phenoxy) is 2. The molecule has 4 heteroatoms. The number of benzene rings is 1. The minimum absolute atomic E-state index is 0.663. The Morgan fingerprint density at radius 3 is 2.48 bits per heavy atom. The highest BCUT2D eigenvalue weighted by molar-refractivity contribution is 5.42. The van der Waals surface area contributed by atoms with Crippen molar-refractivity contribution in [3.63, 3.8) is 0 Å². The first-order valence-electron chi connectivity index (χ1n) is 8.20. The van der Waals surface area contributed by atoms with Crippen molar-refractivity contribution in [1.82, 2.24) is 0 Å². The molecule has 0 atom stereocenters. The van der Waals surface area contributed by atoms with E-state index in [2.05, 4.69) is 31.3 Å². The zero-order chi connectivity index (χ0) is 15.5. The van der Waals surface area contributed by atoms with E-state index < -0.39 is 0 Å². The van der Waals surface area contributed by atoms with Crippen LogP contribution in [0.2, 0.25) is 0 Å². The van der Waals surface area contributed by atoms with Crippen LogP contribution in [0.1, 0.15) is 32.8 Å². The second-order valence-corrected chi connectivity index (χ2v) is 5.26. The Hall–Kier alpha value is -1.26. The number of quaternary nitrogens is 2. The van der Waals surface area contributed by atoms with Gasteiger partial charge in [0.25, 0.3) is 0 Å². The summed E-state index contributed by atoms with van der Waals surface area (Å²) >= 11 is 0. The third-order valence-corrected chi connectivity index (χ3v) is 3.85. The van der Waals surface area contributed by atoms with Crippen molar-refractivity contribution in [2.45, 2.75) is 33.7 Å². The molecular weight excluding hydrogens is 264 g/mol. The molecule has 0 aliphatic carbocycles. The lowest BCUT2D eigenvalue weighted by molar-refractivity contribution is -0.898. The lowest BCUT2D eigenvalue weighted by atomic mass is 10.2. The van der Waals surface area contributed by atoms with Crippen LogP contribution in [0, 0.1) is 0 Å². The number of nitrogens with two attached hydrogens (primary N) is 1. The van der Waals surface area contributed by atoms with E-state index in [1.807, 2.05) is 13.0 Å². The van der Waals surface area contributed by atoms with E-state index in [-0.39, 0.29) is 0 Å². The molecule has 0 aromatic heterocycles. The first-order chi connectivity index (χ1) is 10.2. The number of nitrogens with one attached hydrogen (secondary N) is 1. The third-order valence-electron chi connectivity index (χ3n) is 3.85. The van der Waals surface area contributed by atoms with Crippen LogP contribution in [-0.4, -0.2) is 39.9 Å². The molecule has 0 aliphatic rings. The molecule has 0 amide bonds. The van der Waals surface area contributed by atoms with Gasteiger partial charge in [0.15, 0.2) is 11.5 Å². The average molecular weight is 296 g/mol. The predicted octanol–water partition coefficient (Wildman–Crippen LogP) is 0.472. The average Bonchev–Trinajstić information content (AvgIpc) is 2.51. The molecule has 0 bridgehead atoms. The van der Waals surface area contributed by atoms with E-state index in [1.165, 1.54) is 38.2 Å². The third kappa shape index (κ3) is 6.36. The van der Waals surface area contributed by atoms with Gasteiger partial charge in [-0.3, -0.25) is 0 Å². The molecule has 0 heterocycles. The molecule has 0 unspecified atom stereocenters. The maximum atomic E-state index is 5.61. The van der Waals surface area contributed by atoms with E-state index >= 15 is 0 Å². The van der Waals surface area contributed by atoms with Crippen molar-refractivity contribution in [1.29, 1.82) is 0 Å². The van der Waals surface area contributed by atoms with Crippen molar-refractivity contribution in [3.8, 4) is 11.5 Å². The van der Waals surface area contributed by atoms with Gasteiger partial charge < -0.3 is 19.7 Å². The van der Waals surface area contributed by atoms with Gasteiger partial charge in [-0.15, -0.1) is 0 Å². The Kier molecular flexibility index (Phi) is 8.87. The zero-order valence-corrected chi connectivity index (χ0v) is 14.1. The number of hydrogen-bond acceptors (Lipinski definition) is 2. The predicted molar refractivity (Wildman–Crippen MR) is 86.2 cm³/mol. The summed E-state index contributed by atoms with van der Waals surface area (Å²) in [4.78, 5) is 1.69. The van der Waals surface area contributed by atoms with Crippen molar-refractivity contribution in [2.24, 2.45) is 0 Å². The zero-order valence-electron chi connectivity index (χ0n) is 14.1. The summed E-state index contributed by atoms with van der Waals surface area (Å²) in [7, 11) is 1.68. The lowest BCUT2D eigenvalue weighted by Crippen LogP contribution is -3.11. The maximum absolute atomic E-state index is 5.61. The lowest BCUT2D eigenvalue weighted by Gasteiger charge is -2.14. The second kappa shape index (κ2) is 10.5. The first kappa shape index (κ1) is 17.8. The number of hydrogen-bond donors (Lipinski definition) is 2. The van der Waals surface area contributed by atoms with Gasteiger partial charge in [0.1, 0.15) is 6.54 Å². The molecule has 21 heavy (non-hydrogen) atoms. The van der Waals surface area contributed by atoms with Gasteiger partial charge in [-0.2, -0.15) is 0 Å². The summed E-state index contributed by atoms with van der Waals surface area (Å²) < 4.78 is 10.9. The molecule has 0 saturated heterocycles. The maximum Gasteiger partial charge on any atom is 0.161 e. The van der Waals surface area contributed by atoms with Crippen molar-refractivity contribution in [2.75, 3.05) is 39.9 Å². The van der Waals surface area contributed by atoms with Gasteiger partial charge in [0, 0.05) is 12.0 Å². The van der Waals surface area contributed by atoms with Crippen molar-refractivity contribution >= 4 is 0 Å². The minimum Gasteiger partial charge on any atom is -0.493 e. The van der Waals surface area contributed by atoms with Gasteiger partial charge in [-0.1, -0.05) is 0 Å². The molecule has 0 saturated carbocycles. The normalized spacial score (nSPS) is 10.9. The summed E-state index contributed by atoms with van der Waals surface area (Å²) in [5, 5.41) is 2.38. The highest BCUT2D eigenvalue weighted by atomic mass is 16.5. The molecular formula is C17H32N2O2+2. The van der Waals surface area contributed by atoms with Crippen LogP contribution >= 0.6 is 0 Å². The quantitative estimate of drug-likeness (QED) is 0.583. The molecule has 0 spiro atoms. The minimum atomic E-state index is 0.663. The van der Waals surface area contributed by atoms with Crippen molar-refractivity contribution < 1.29 is 19.7 Å². The van der Waals surface area contributed by atoms with Crippen LogP contribution in [0.15, 0.2) is 18.2 Å². The number of rotatable bonds is 11. The molecule has 1 aromatic carbocycles. The topological polar surface area (TPSA) is 39.5 Å². The Morgan fingerprint density at radius 1 is 1.10 bits per heavy atom. The Morgan fingerprint density at radius 2 is 1.86 bits per heavy atom. The molecule has 1 aromatic rings.